The van der Waals surface area contributed by atoms with Gasteiger partial charge in [-0.25, -0.2) is 9.97 Å². The maximum Gasteiger partial charge on any atom is 0.245 e. The monoisotopic (exact) mass is 214 g/mol. The van der Waals surface area contributed by atoms with Crippen LogP contribution in [0.1, 0.15) is 0 Å². The molecule has 0 spiro atoms. The zero-order valence-electron chi connectivity index (χ0n) is 8.71. The normalized spacial score (nSPS) is 11.1. The molecule has 2 heterocycles. The summed E-state index contributed by atoms with van der Waals surface area (Å²) in [5, 5.41) is 0. The molecule has 0 saturated carbocycles. The topological polar surface area (TPSA) is 69.9 Å². The van der Waals surface area contributed by atoms with E-state index in [9.17, 15) is 0 Å². The summed E-state index contributed by atoms with van der Waals surface area (Å²) in [7, 11) is 1.89. The molecular formula is C11H10N4O. The van der Waals surface area contributed by atoms with Crippen LogP contribution in [0, 0.1) is 0 Å². The molecule has 2 aromatic heterocycles. The SMILES string of the molecule is Cn1cncc1-c1nc2cc(N)ccc2o1. The van der Waals surface area contributed by atoms with Crippen LogP contribution in [0.25, 0.3) is 22.7 Å². The van der Waals surface area contributed by atoms with E-state index in [4.69, 9.17) is 10.2 Å². The smallest absolute Gasteiger partial charge is 0.245 e. The molecule has 1 aromatic carbocycles. The number of nitrogens with zero attached hydrogens (tertiary/aromatic N) is 3. The van der Waals surface area contributed by atoms with Crippen LogP contribution in [0.5, 0.6) is 0 Å². The summed E-state index contributed by atoms with van der Waals surface area (Å²) in [6.07, 6.45) is 3.42. The summed E-state index contributed by atoms with van der Waals surface area (Å²) >= 11 is 0. The van der Waals surface area contributed by atoms with Gasteiger partial charge in [-0.3, -0.25) is 0 Å². The predicted molar refractivity (Wildman–Crippen MR) is 60.6 cm³/mol. The van der Waals surface area contributed by atoms with Gasteiger partial charge in [-0.2, -0.15) is 0 Å². The molecule has 0 aliphatic heterocycles. The fourth-order valence-electron chi connectivity index (χ4n) is 1.62. The number of fused-ring (bicyclic) bond motifs is 1. The van der Waals surface area contributed by atoms with Crippen molar-refractivity contribution >= 4 is 16.8 Å². The molecule has 80 valence electrons. The Hall–Kier alpha value is -2.30. The van der Waals surface area contributed by atoms with Gasteiger partial charge in [0, 0.05) is 12.7 Å². The summed E-state index contributed by atoms with van der Waals surface area (Å²) in [6.45, 7) is 0. The van der Waals surface area contributed by atoms with E-state index in [2.05, 4.69) is 9.97 Å². The maximum atomic E-state index is 5.68. The summed E-state index contributed by atoms with van der Waals surface area (Å²) in [5.74, 6) is 0.556. The number of hydrogen-bond acceptors (Lipinski definition) is 4. The molecule has 0 saturated heterocycles. The number of nitrogens with two attached hydrogens (primary N) is 1. The molecule has 3 rings (SSSR count). The van der Waals surface area contributed by atoms with Crippen LogP contribution in [0.4, 0.5) is 5.69 Å². The van der Waals surface area contributed by atoms with E-state index < -0.39 is 0 Å². The molecule has 0 aliphatic carbocycles. The number of nitrogen functional groups attached to an aromatic ring is 1. The quantitative estimate of drug-likeness (QED) is 0.627. The summed E-state index contributed by atoms with van der Waals surface area (Å²) in [5.41, 5.74) is 8.69. The van der Waals surface area contributed by atoms with Gasteiger partial charge in [0.25, 0.3) is 0 Å². The molecule has 0 atom stereocenters. The number of aromatic nitrogens is 3. The average Bonchev–Trinajstić information content (AvgIpc) is 2.82. The Morgan fingerprint density at radius 2 is 2.25 bits per heavy atom. The Bertz CT molecular complexity index is 653. The van der Waals surface area contributed by atoms with Crippen LogP contribution < -0.4 is 5.73 Å². The molecular weight excluding hydrogens is 204 g/mol. The first-order chi connectivity index (χ1) is 7.74. The third kappa shape index (κ3) is 1.25. The van der Waals surface area contributed by atoms with E-state index in [1.54, 1.807) is 24.7 Å². The van der Waals surface area contributed by atoms with Crippen molar-refractivity contribution in [1.29, 1.82) is 0 Å². The minimum absolute atomic E-state index is 0.556. The lowest BCUT2D eigenvalue weighted by Gasteiger charge is -1.93. The van der Waals surface area contributed by atoms with E-state index >= 15 is 0 Å². The van der Waals surface area contributed by atoms with Gasteiger partial charge in [0.2, 0.25) is 5.89 Å². The molecule has 16 heavy (non-hydrogen) atoms. The van der Waals surface area contributed by atoms with Gasteiger partial charge in [-0.1, -0.05) is 0 Å². The van der Waals surface area contributed by atoms with Gasteiger partial charge in [-0.05, 0) is 18.2 Å². The lowest BCUT2D eigenvalue weighted by atomic mass is 10.3. The summed E-state index contributed by atoms with van der Waals surface area (Å²) in [6, 6.07) is 5.40. The highest BCUT2D eigenvalue weighted by Gasteiger charge is 2.10. The van der Waals surface area contributed by atoms with Gasteiger partial charge in [0.1, 0.15) is 11.2 Å². The molecule has 3 aromatic rings. The Morgan fingerprint density at radius 1 is 1.38 bits per heavy atom. The van der Waals surface area contributed by atoms with Crippen LogP contribution in [0.3, 0.4) is 0 Å². The standard InChI is InChI=1S/C11H10N4O/c1-15-6-13-5-9(15)11-14-8-4-7(12)2-3-10(8)16-11/h2-6H,12H2,1H3. The maximum absolute atomic E-state index is 5.68. The average molecular weight is 214 g/mol. The molecule has 0 aliphatic rings. The lowest BCUT2D eigenvalue weighted by molar-refractivity contribution is 0.612. The van der Waals surface area contributed by atoms with Crippen LogP contribution >= 0.6 is 0 Å². The molecule has 2 N–H and O–H groups in total. The first-order valence-corrected chi connectivity index (χ1v) is 4.87. The first-order valence-electron chi connectivity index (χ1n) is 4.87. The third-order valence-electron chi connectivity index (χ3n) is 2.45. The van der Waals surface area contributed by atoms with Crippen molar-refractivity contribution in [2.24, 2.45) is 7.05 Å². The van der Waals surface area contributed by atoms with E-state index in [0.717, 1.165) is 16.8 Å². The van der Waals surface area contributed by atoms with Crippen molar-refractivity contribution in [2.75, 3.05) is 5.73 Å². The Labute approximate surface area is 91.5 Å². The number of imidazole rings is 1. The molecule has 5 nitrogen and oxygen atoms in total. The largest absolute Gasteiger partial charge is 0.435 e. The second-order valence-corrected chi connectivity index (χ2v) is 3.64. The van der Waals surface area contributed by atoms with Crippen molar-refractivity contribution in [2.45, 2.75) is 0 Å². The molecule has 0 unspecified atom stereocenters. The van der Waals surface area contributed by atoms with Crippen molar-refractivity contribution in [3.63, 3.8) is 0 Å². The fraction of sp³-hybridized carbons (Fsp3) is 0.0909. The van der Waals surface area contributed by atoms with Gasteiger partial charge in [0.15, 0.2) is 5.58 Å². The highest BCUT2D eigenvalue weighted by molar-refractivity contribution is 5.78. The third-order valence-corrected chi connectivity index (χ3v) is 2.45. The van der Waals surface area contributed by atoms with Crippen molar-refractivity contribution < 1.29 is 4.42 Å². The van der Waals surface area contributed by atoms with Crippen LogP contribution in [0.2, 0.25) is 0 Å². The lowest BCUT2D eigenvalue weighted by Crippen LogP contribution is -1.88. The highest BCUT2D eigenvalue weighted by atomic mass is 16.3. The number of hydrogen-bond donors (Lipinski definition) is 1. The zero-order valence-corrected chi connectivity index (χ0v) is 8.71. The van der Waals surface area contributed by atoms with Crippen molar-refractivity contribution in [1.82, 2.24) is 14.5 Å². The predicted octanol–water partition coefficient (Wildman–Crippen LogP) is 1.81. The Kier molecular flexibility index (Phi) is 1.73. The van der Waals surface area contributed by atoms with Gasteiger partial charge < -0.3 is 14.7 Å². The molecule has 0 radical (unpaired) electrons. The highest BCUT2D eigenvalue weighted by Crippen LogP contribution is 2.24. The number of anilines is 1. The minimum atomic E-state index is 0.556. The van der Waals surface area contributed by atoms with Gasteiger partial charge in [-0.15, -0.1) is 0 Å². The fourth-order valence-corrected chi connectivity index (χ4v) is 1.62. The second kappa shape index (κ2) is 3.10. The summed E-state index contributed by atoms with van der Waals surface area (Å²) < 4.78 is 7.48. The molecule has 0 fully saturated rings. The van der Waals surface area contributed by atoms with Crippen LogP contribution in [0.15, 0.2) is 35.1 Å². The molecule has 5 heteroatoms. The van der Waals surface area contributed by atoms with Crippen LogP contribution in [-0.4, -0.2) is 14.5 Å². The Morgan fingerprint density at radius 3 is 3.00 bits per heavy atom. The van der Waals surface area contributed by atoms with Crippen LogP contribution in [-0.2, 0) is 7.05 Å². The zero-order chi connectivity index (χ0) is 11.1. The van der Waals surface area contributed by atoms with Gasteiger partial charge in [0.05, 0.1) is 12.5 Å². The van der Waals surface area contributed by atoms with Crippen molar-refractivity contribution in [3.8, 4) is 11.6 Å². The van der Waals surface area contributed by atoms with E-state index in [0.29, 0.717) is 11.6 Å². The van der Waals surface area contributed by atoms with E-state index in [-0.39, 0.29) is 0 Å². The van der Waals surface area contributed by atoms with E-state index in [1.165, 1.54) is 0 Å². The van der Waals surface area contributed by atoms with E-state index in [1.807, 2.05) is 17.7 Å². The molecule has 0 bridgehead atoms. The number of benzene rings is 1. The summed E-state index contributed by atoms with van der Waals surface area (Å²) in [4.78, 5) is 8.39. The Balaban J connectivity index is 2.23. The second-order valence-electron chi connectivity index (χ2n) is 3.64. The first kappa shape index (κ1) is 8.96. The number of oxazole rings is 1. The minimum Gasteiger partial charge on any atom is -0.435 e. The molecule has 0 amide bonds. The number of rotatable bonds is 1. The van der Waals surface area contributed by atoms with Crippen molar-refractivity contribution in [3.05, 3.63) is 30.7 Å². The number of aryl methyl sites for hydroxylation is 1. The van der Waals surface area contributed by atoms with Gasteiger partial charge >= 0.3 is 0 Å².